The molecule has 2 aromatic rings. The summed E-state index contributed by atoms with van der Waals surface area (Å²) in [5, 5.41) is 8.48. The summed E-state index contributed by atoms with van der Waals surface area (Å²) in [6, 6.07) is 1.66. The Balaban J connectivity index is 1.80. The van der Waals surface area contributed by atoms with Crippen molar-refractivity contribution in [3.05, 3.63) is 29.2 Å². The van der Waals surface area contributed by atoms with E-state index in [1.54, 1.807) is 4.68 Å². The molecular weight excluding hydrogens is 334 g/mol. The molecule has 26 heavy (non-hydrogen) atoms. The third-order valence-corrected chi connectivity index (χ3v) is 4.55. The summed E-state index contributed by atoms with van der Waals surface area (Å²) in [7, 11) is 0. The van der Waals surface area contributed by atoms with Crippen LogP contribution in [0.4, 0.5) is 0 Å². The maximum Gasteiger partial charge on any atom is 0.272 e. The quantitative estimate of drug-likeness (QED) is 0.705. The molecule has 0 N–H and O–H groups in total. The van der Waals surface area contributed by atoms with Crippen LogP contribution < -0.4 is 0 Å². The number of hydrogen-bond acceptors (Lipinski definition) is 6. The second-order valence-electron chi connectivity index (χ2n) is 6.89. The average Bonchev–Trinajstić information content (AvgIpc) is 3.33. The lowest BCUT2D eigenvalue weighted by molar-refractivity contribution is 0.0692. The highest BCUT2D eigenvalue weighted by Gasteiger charge is 2.36. The highest BCUT2D eigenvalue weighted by molar-refractivity contribution is 5.93. The maximum atomic E-state index is 13.2. The molecule has 3 rings (SSSR count). The lowest BCUT2D eigenvalue weighted by Gasteiger charge is -2.22. The van der Waals surface area contributed by atoms with Gasteiger partial charge in [0, 0.05) is 19.1 Å². The molecule has 8 heteroatoms. The van der Waals surface area contributed by atoms with Crippen LogP contribution in [0.1, 0.15) is 73.5 Å². The summed E-state index contributed by atoms with van der Waals surface area (Å²) >= 11 is 0. The number of hydrogen-bond donors (Lipinski definition) is 0. The highest BCUT2D eigenvalue weighted by Crippen LogP contribution is 2.32. The molecule has 8 nitrogen and oxygen atoms in total. The van der Waals surface area contributed by atoms with Gasteiger partial charge in [0.2, 0.25) is 5.89 Å². The number of aryl methyl sites for hydroxylation is 1. The van der Waals surface area contributed by atoms with Gasteiger partial charge in [0.1, 0.15) is 11.7 Å². The molecule has 0 aromatic carbocycles. The van der Waals surface area contributed by atoms with Gasteiger partial charge in [0.15, 0.2) is 5.82 Å². The first-order valence-electron chi connectivity index (χ1n) is 9.28. The van der Waals surface area contributed by atoms with Crippen LogP contribution in [0.5, 0.6) is 0 Å². The van der Waals surface area contributed by atoms with Crippen LogP contribution in [0, 0.1) is 6.92 Å². The summed E-state index contributed by atoms with van der Waals surface area (Å²) in [6.45, 7) is 10.3. The van der Waals surface area contributed by atoms with E-state index in [1.165, 1.54) is 0 Å². The number of amides is 1. The second kappa shape index (κ2) is 7.99. The minimum atomic E-state index is -0.168. The van der Waals surface area contributed by atoms with Gasteiger partial charge in [-0.25, -0.2) is 0 Å². The standard InChI is InChI=1S/C18H27N5O3/c1-5-25-10-9-23-15(11-13(4)20-23)18(24)22-8-6-7-14(22)17-19-16(12(2)3)21-26-17/h11-12,14H,5-10H2,1-4H3. The first-order valence-corrected chi connectivity index (χ1v) is 9.28. The largest absolute Gasteiger partial charge is 0.380 e. The van der Waals surface area contributed by atoms with Gasteiger partial charge in [-0.2, -0.15) is 10.1 Å². The molecule has 1 atom stereocenters. The normalized spacial score (nSPS) is 17.4. The van der Waals surface area contributed by atoms with Crippen molar-refractivity contribution in [1.82, 2.24) is 24.8 Å². The van der Waals surface area contributed by atoms with Gasteiger partial charge in [0.05, 0.1) is 18.8 Å². The topological polar surface area (TPSA) is 86.3 Å². The monoisotopic (exact) mass is 361 g/mol. The van der Waals surface area contributed by atoms with Gasteiger partial charge in [-0.3, -0.25) is 9.48 Å². The fourth-order valence-electron chi connectivity index (χ4n) is 3.21. The number of rotatable bonds is 7. The van der Waals surface area contributed by atoms with Crippen molar-refractivity contribution in [1.29, 1.82) is 0 Å². The number of carbonyl (C=O) groups excluding carboxylic acids is 1. The third kappa shape index (κ3) is 3.80. The number of likely N-dealkylation sites (tertiary alicyclic amines) is 1. The molecule has 142 valence electrons. The summed E-state index contributed by atoms with van der Waals surface area (Å²) in [4.78, 5) is 19.5. The summed E-state index contributed by atoms with van der Waals surface area (Å²) < 4.78 is 12.6. The summed E-state index contributed by atoms with van der Waals surface area (Å²) in [5.41, 5.74) is 1.40. The van der Waals surface area contributed by atoms with E-state index in [9.17, 15) is 4.79 Å². The Morgan fingerprint density at radius 1 is 1.46 bits per heavy atom. The van der Waals surface area contributed by atoms with Crippen molar-refractivity contribution < 1.29 is 14.1 Å². The van der Waals surface area contributed by atoms with Gasteiger partial charge in [-0.15, -0.1) is 0 Å². The first-order chi connectivity index (χ1) is 12.5. The molecule has 1 fully saturated rings. The Bertz CT molecular complexity index is 752. The fourth-order valence-corrected chi connectivity index (χ4v) is 3.21. The Morgan fingerprint density at radius 2 is 2.27 bits per heavy atom. The predicted octanol–water partition coefficient (Wildman–Crippen LogP) is 2.71. The van der Waals surface area contributed by atoms with Gasteiger partial charge in [-0.05, 0) is 32.8 Å². The Kier molecular flexibility index (Phi) is 5.70. The van der Waals surface area contributed by atoms with Gasteiger partial charge in [-0.1, -0.05) is 19.0 Å². The molecule has 1 aliphatic heterocycles. The SMILES string of the molecule is CCOCCn1nc(C)cc1C(=O)N1CCCC1c1nc(C(C)C)no1. The van der Waals surface area contributed by atoms with E-state index in [1.807, 2.05) is 38.7 Å². The van der Waals surface area contributed by atoms with Gasteiger partial charge >= 0.3 is 0 Å². The minimum absolute atomic E-state index is 0.0473. The molecule has 0 aliphatic carbocycles. The van der Waals surface area contributed by atoms with E-state index < -0.39 is 0 Å². The molecule has 1 saturated heterocycles. The van der Waals surface area contributed by atoms with Crippen molar-refractivity contribution in [2.75, 3.05) is 19.8 Å². The first kappa shape index (κ1) is 18.6. The van der Waals surface area contributed by atoms with E-state index in [-0.39, 0.29) is 17.9 Å². The van der Waals surface area contributed by atoms with Crippen LogP contribution in [-0.4, -0.2) is 50.5 Å². The predicted molar refractivity (Wildman–Crippen MR) is 94.9 cm³/mol. The van der Waals surface area contributed by atoms with Gasteiger partial charge in [0.25, 0.3) is 5.91 Å². The molecule has 0 bridgehead atoms. The smallest absolute Gasteiger partial charge is 0.272 e. The zero-order valence-electron chi connectivity index (χ0n) is 15.9. The van der Waals surface area contributed by atoms with Crippen molar-refractivity contribution in [3.63, 3.8) is 0 Å². The van der Waals surface area contributed by atoms with Crippen LogP contribution in [0.3, 0.4) is 0 Å². The van der Waals surface area contributed by atoms with Crippen molar-refractivity contribution in [2.45, 2.75) is 59.0 Å². The van der Waals surface area contributed by atoms with E-state index >= 15 is 0 Å². The minimum Gasteiger partial charge on any atom is -0.380 e. The van der Waals surface area contributed by atoms with E-state index in [0.29, 0.717) is 43.7 Å². The zero-order valence-corrected chi connectivity index (χ0v) is 15.9. The van der Waals surface area contributed by atoms with Crippen LogP contribution in [0.25, 0.3) is 0 Å². The molecule has 0 saturated carbocycles. The number of ether oxygens (including phenoxy) is 1. The Labute approximate surface area is 153 Å². The van der Waals surface area contributed by atoms with Crippen LogP contribution in [0.2, 0.25) is 0 Å². The molecule has 1 amide bonds. The Morgan fingerprint density at radius 3 is 2.96 bits per heavy atom. The fraction of sp³-hybridized carbons (Fsp3) is 0.667. The maximum absolute atomic E-state index is 13.2. The molecule has 3 heterocycles. The lowest BCUT2D eigenvalue weighted by Crippen LogP contribution is -2.32. The van der Waals surface area contributed by atoms with E-state index in [0.717, 1.165) is 18.5 Å². The third-order valence-electron chi connectivity index (χ3n) is 4.55. The van der Waals surface area contributed by atoms with Crippen molar-refractivity contribution >= 4 is 5.91 Å². The summed E-state index contributed by atoms with van der Waals surface area (Å²) in [6.07, 6.45) is 1.75. The molecule has 1 aliphatic rings. The molecule has 2 aromatic heterocycles. The molecule has 1 unspecified atom stereocenters. The second-order valence-corrected chi connectivity index (χ2v) is 6.89. The van der Waals surface area contributed by atoms with E-state index in [2.05, 4.69) is 15.2 Å². The van der Waals surface area contributed by atoms with Crippen LogP contribution >= 0.6 is 0 Å². The lowest BCUT2D eigenvalue weighted by atomic mass is 10.2. The zero-order chi connectivity index (χ0) is 18.7. The Hall–Kier alpha value is -2.22. The van der Waals surface area contributed by atoms with Crippen LogP contribution in [0.15, 0.2) is 10.6 Å². The number of carbonyl (C=O) groups is 1. The molecular formula is C18H27N5O3. The molecule has 0 radical (unpaired) electrons. The summed E-state index contributed by atoms with van der Waals surface area (Å²) in [5.74, 6) is 1.35. The van der Waals surface area contributed by atoms with Crippen molar-refractivity contribution in [2.24, 2.45) is 0 Å². The average molecular weight is 361 g/mol. The highest BCUT2D eigenvalue weighted by atomic mass is 16.5. The number of nitrogens with zero attached hydrogens (tertiary/aromatic N) is 5. The van der Waals surface area contributed by atoms with Crippen molar-refractivity contribution in [3.8, 4) is 0 Å². The number of aromatic nitrogens is 4. The molecule has 0 spiro atoms. The van der Waals surface area contributed by atoms with E-state index in [4.69, 9.17) is 9.26 Å². The van der Waals surface area contributed by atoms with Gasteiger partial charge < -0.3 is 14.2 Å². The van der Waals surface area contributed by atoms with Crippen LogP contribution in [-0.2, 0) is 11.3 Å².